The van der Waals surface area contributed by atoms with Gasteiger partial charge in [0, 0.05) is 6.92 Å². The summed E-state index contributed by atoms with van der Waals surface area (Å²) in [6.45, 7) is 5.18. The minimum absolute atomic E-state index is 0. The number of carbonyl (C=O) groups is 1. The number of rotatable bonds is 7. The highest BCUT2D eigenvalue weighted by molar-refractivity contribution is 7.53. The number of quaternary nitrogens is 2. The molecule has 0 spiro atoms. The highest BCUT2D eigenvalue weighted by Gasteiger charge is 2.36. The molecule has 0 unspecified atom stereocenters. The summed E-state index contributed by atoms with van der Waals surface area (Å²) in [6.07, 6.45) is 1.50. The Morgan fingerprint density at radius 2 is 1.92 bits per heavy atom. The van der Waals surface area contributed by atoms with Crippen LogP contribution in [0.15, 0.2) is 16.4 Å². The van der Waals surface area contributed by atoms with Crippen LogP contribution in [0.3, 0.4) is 0 Å². The number of guanidine groups is 1. The lowest BCUT2D eigenvalue weighted by Crippen LogP contribution is -2.53. The predicted molar refractivity (Wildman–Crippen MR) is 98.7 cm³/mol. The second-order valence-electron chi connectivity index (χ2n) is 5.75. The molecular formula is C14H33N6O5P. The number of hydrogen-bond acceptors (Lipinski definition) is 6. The van der Waals surface area contributed by atoms with Gasteiger partial charge in [0.05, 0.1) is 24.3 Å². The Kier molecular flexibility index (Phi) is 11.6. The van der Waals surface area contributed by atoms with E-state index in [1.807, 2.05) is 13.8 Å². The van der Waals surface area contributed by atoms with Crippen molar-refractivity contribution in [2.75, 3.05) is 0 Å². The normalized spacial score (nSPS) is 22.5. The molecule has 0 aromatic carbocycles. The Morgan fingerprint density at radius 1 is 1.38 bits per heavy atom. The lowest BCUT2D eigenvalue weighted by molar-refractivity contribution is -0.310. The molecule has 0 radical (unpaired) electrons. The largest absolute Gasteiger partial charge is 0.808 e. The minimum atomic E-state index is -4.96. The van der Waals surface area contributed by atoms with E-state index in [9.17, 15) is 19.1 Å². The fraction of sp³-hybridized carbons (Fsp3) is 0.714. The van der Waals surface area contributed by atoms with Crippen LogP contribution in [-0.4, -0.2) is 36.2 Å². The van der Waals surface area contributed by atoms with Gasteiger partial charge in [-0.2, -0.15) is 0 Å². The van der Waals surface area contributed by atoms with Gasteiger partial charge in [-0.1, -0.05) is 13.8 Å². The molecule has 1 aliphatic carbocycles. The third kappa shape index (κ3) is 7.81. The molecule has 0 fully saturated rings. The van der Waals surface area contributed by atoms with Crippen molar-refractivity contribution >= 4 is 19.5 Å². The Balaban J connectivity index is 0. The van der Waals surface area contributed by atoms with Crippen molar-refractivity contribution in [3.05, 3.63) is 11.4 Å². The van der Waals surface area contributed by atoms with Gasteiger partial charge < -0.3 is 48.2 Å². The SMILES string of the molecule is CCC(CC)O[C@@H]1C=C(P(=O)([O-])[O-])C[C@H](N=C(N)N)[C@H]1NC(C)=O.[NH4+].[NH4+]. The lowest BCUT2D eigenvalue weighted by Gasteiger charge is -2.42. The molecule has 0 aliphatic heterocycles. The first-order valence-corrected chi connectivity index (χ1v) is 9.37. The van der Waals surface area contributed by atoms with Gasteiger partial charge in [-0.3, -0.25) is 4.79 Å². The zero-order valence-electron chi connectivity index (χ0n) is 16.1. The van der Waals surface area contributed by atoms with Crippen LogP contribution in [0.4, 0.5) is 0 Å². The molecule has 1 amide bonds. The van der Waals surface area contributed by atoms with Crippen LogP contribution in [0.5, 0.6) is 0 Å². The van der Waals surface area contributed by atoms with Crippen LogP contribution in [0, 0.1) is 0 Å². The number of hydrogen-bond donors (Lipinski definition) is 5. The monoisotopic (exact) mass is 396 g/mol. The van der Waals surface area contributed by atoms with E-state index < -0.39 is 25.8 Å². The molecule has 0 saturated heterocycles. The van der Waals surface area contributed by atoms with Crippen LogP contribution in [0.2, 0.25) is 0 Å². The standard InChI is InChI=1S/C14H27N4O5P.2H3N/c1-4-9(5-2)23-12-7-10(24(20,21)22)6-11(18-14(15)16)13(12)17-8(3)19;;/h7,9,11-13H,4-6H2,1-3H3,(H,17,19)(H4,15,16,18)(H2,20,21,22);2*1H3/t11-,12+,13+;;/m0../s1. The summed E-state index contributed by atoms with van der Waals surface area (Å²) in [5.74, 6) is -0.595. The van der Waals surface area contributed by atoms with Crippen LogP contribution < -0.4 is 38.9 Å². The molecule has 1 rings (SSSR count). The molecule has 1 aliphatic rings. The van der Waals surface area contributed by atoms with Crippen LogP contribution in [-0.2, 0) is 14.1 Å². The molecule has 3 atom stereocenters. The van der Waals surface area contributed by atoms with E-state index in [0.29, 0.717) is 12.8 Å². The van der Waals surface area contributed by atoms with E-state index in [1.165, 1.54) is 13.0 Å². The number of ether oxygens (including phenoxy) is 1. The number of aliphatic imine (C=N–C) groups is 1. The zero-order valence-corrected chi connectivity index (χ0v) is 17.0. The van der Waals surface area contributed by atoms with E-state index >= 15 is 0 Å². The molecule has 26 heavy (non-hydrogen) atoms. The number of nitrogens with zero attached hydrogens (tertiary/aromatic N) is 1. The van der Waals surface area contributed by atoms with Gasteiger partial charge in [0.1, 0.15) is 0 Å². The van der Waals surface area contributed by atoms with E-state index in [1.54, 1.807) is 0 Å². The maximum Gasteiger partial charge on any atom is 0.217 e. The molecule has 13 N–H and O–H groups in total. The number of amides is 1. The third-order valence-electron chi connectivity index (χ3n) is 3.84. The lowest BCUT2D eigenvalue weighted by atomic mass is 9.93. The highest BCUT2D eigenvalue weighted by atomic mass is 31.2. The van der Waals surface area contributed by atoms with Gasteiger partial charge in [0.15, 0.2) is 5.96 Å². The summed E-state index contributed by atoms with van der Waals surface area (Å²) in [5, 5.41) is 2.38. The summed E-state index contributed by atoms with van der Waals surface area (Å²) in [5.41, 5.74) is 10.8. The van der Waals surface area contributed by atoms with Crippen molar-refractivity contribution in [3.63, 3.8) is 0 Å². The molecular weight excluding hydrogens is 363 g/mol. The van der Waals surface area contributed by atoms with Crippen molar-refractivity contribution in [2.45, 2.75) is 64.3 Å². The van der Waals surface area contributed by atoms with E-state index in [0.717, 1.165) is 0 Å². The van der Waals surface area contributed by atoms with Crippen molar-refractivity contribution in [2.24, 2.45) is 16.5 Å². The first-order valence-electron chi connectivity index (χ1n) is 7.83. The fourth-order valence-corrected chi connectivity index (χ4v) is 3.42. The van der Waals surface area contributed by atoms with Gasteiger partial charge >= 0.3 is 0 Å². The van der Waals surface area contributed by atoms with E-state index in [2.05, 4.69) is 10.3 Å². The topological polar surface area (TPSA) is 239 Å². The molecule has 12 heteroatoms. The molecule has 0 heterocycles. The predicted octanol–water partition coefficient (Wildman–Crippen LogP) is -0.339. The summed E-state index contributed by atoms with van der Waals surface area (Å²) in [6, 6.07) is -1.46. The summed E-state index contributed by atoms with van der Waals surface area (Å²) in [7, 11) is -4.96. The van der Waals surface area contributed by atoms with Crippen molar-refractivity contribution in [1.82, 2.24) is 17.6 Å². The van der Waals surface area contributed by atoms with Gasteiger partial charge in [-0.05, 0) is 38.2 Å². The third-order valence-corrected chi connectivity index (χ3v) is 4.88. The van der Waals surface area contributed by atoms with Crippen molar-refractivity contribution in [1.29, 1.82) is 0 Å². The molecule has 0 aromatic heterocycles. The quantitative estimate of drug-likeness (QED) is 0.217. The van der Waals surface area contributed by atoms with Crippen LogP contribution >= 0.6 is 7.60 Å². The van der Waals surface area contributed by atoms with Gasteiger partial charge in [0.25, 0.3) is 0 Å². The first kappa shape index (κ1) is 26.7. The zero-order chi connectivity index (χ0) is 18.5. The van der Waals surface area contributed by atoms with E-state index in [-0.39, 0.29) is 42.0 Å². The molecule has 154 valence electrons. The number of nitrogens with two attached hydrogens (primary N) is 2. The average molecular weight is 396 g/mol. The Bertz CT molecular complexity index is 556. The second kappa shape index (κ2) is 11.3. The maximum atomic E-state index is 11.5. The van der Waals surface area contributed by atoms with Crippen molar-refractivity contribution in [3.8, 4) is 0 Å². The Labute approximate surface area is 154 Å². The maximum absolute atomic E-state index is 11.5. The summed E-state index contributed by atoms with van der Waals surface area (Å²) in [4.78, 5) is 38.4. The van der Waals surface area contributed by atoms with E-state index in [4.69, 9.17) is 16.2 Å². The highest BCUT2D eigenvalue weighted by Crippen LogP contribution is 2.43. The summed E-state index contributed by atoms with van der Waals surface area (Å²) < 4.78 is 17.4. The fourth-order valence-electron chi connectivity index (χ4n) is 2.68. The number of carbonyl (C=O) groups excluding carboxylic acids is 1. The van der Waals surface area contributed by atoms with Gasteiger partial charge in [-0.25, -0.2) is 4.99 Å². The van der Waals surface area contributed by atoms with Crippen LogP contribution in [0.25, 0.3) is 0 Å². The van der Waals surface area contributed by atoms with Gasteiger partial charge in [-0.15, -0.1) is 0 Å². The Morgan fingerprint density at radius 3 is 2.31 bits per heavy atom. The van der Waals surface area contributed by atoms with Gasteiger partial charge in [0.2, 0.25) is 5.91 Å². The molecule has 0 bridgehead atoms. The molecule has 11 nitrogen and oxygen atoms in total. The Hall–Kier alpha value is -1.49. The molecule has 0 aromatic rings. The molecule has 0 saturated carbocycles. The van der Waals surface area contributed by atoms with Crippen LogP contribution in [0.1, 0.15) is 40.0 Å². The summed E-state index contributed by atoms with van der Waals surface area (Å²) >= 11 is 0. The van der Waals surface area contributed by atoms with Crippen molar-refractivity contribution < 1.29 is 23.9 Å². The smallest absolute Gasteiger partial charge is 0.217 e. The average Bonchev–Trinajstić information content (AvgIpc) is 2.45. The number of nitrogens with one attached hydrogen (secondary N) is 1. The second-order valence-corrected chi connectivity index (χ2v) is 7.32. The minimum Gasteiger partial charge on any atom is -0.808 e. The first-order chi connectivity index (χ1) is 11.1.